The van der Waals surface area contributed by atoms with Crippen LogP contribution in [0.15, 0.2) is 36.7 Å². The molecule has 0 amide bonds. The molecule has 3 heterocycles. The smallest absolute Gasteiger partial charge is 0.225 e. The maximum atomic E-state index is 10.1. The van der Waals surface area contributed by atoms with Crippen molar-refractivity contribution in [2.24, 2.45) is 0 Å². The second-order valence-electron chi connectivity index (χ2n) is 6.88. The Balaban J connectivity index is 1.79. The van der Waals surface area contributed by atoms with Gasteiger partial charge < -0.3 is 15.1 Å². The second kappa shape index (κ2) is 7.29. The van der Waals surface area contributed by atoms with E-state index in [1.54, 1.807) is 29.2 Å². The molecule has 0 radical (unpaired) electrons. The SMILES string of the molecule is Cc1ccc(-c2nn(CC#N)cc2-c2ccnc(N3CC[C@H](O)C3)n2)cc1O. The zero-order valence-electron chi connectivity index (χ0n) is 15.4. The van der Waals surface area contributed by atoms with Crippen LogP contribution in [0.2, 0.25) is 0 Å². The van der Waals surface area contributed by atoms with Crippen molar-refractivity contribution >= 4 is 5.95 Å². The van der Waals surface area contributed by atoms with Gasteiger partial charge in [0.15, 0.2) is 0 Å². The molecule has 3 aromatic rings. The molecule has 2 aromatic heterocycles. The highest BCUT2D eigenvalue weighted by molar-refractivity contribution is 5.79. The number of aromatic hydroxyl groups is 1. The van der Waals surface area contributed by atoms with Gasteiger partial charge in [-0.1, -0.05) is 12.1 Å². The number of aryl methyl sites for hydroxylation is 1. The minimum absolute atomic E-state index is 0.112. The highest BCUT2D eigenvalue weighted by atomic mass is 16.3. The molecule has 1 aliphatic heterocycles. The molecular weight excluding hydrogens is 356 g/mol. The second-order valence-corrected chi connectivity index (χ2v) is 6.88. The van der Waals surface area contributed by atoms with E-state index in [0.717, 1.165) is 16.7 Å². The molecule has 0 aliphatic carbocycles. The maximum absolute atomic E-state index is 10.1. The number of aliphatic hydroxyl groups is 1. The zero-order chi connectivity index (χ0) is 19.7. The summed E-state index contributed by atoms with van der Waals surface area (Å²) in [5.41, 5.74) is 3.58. The quantitative estimate of drug-likeness (QED) is 0.717. The average molecular weight is 376 g/mol. The number of hydrogen-bond acceptors (Lipinski definition) is 7. The number of phenolic OH excluding ortho intramolecular Hbond substituents is 1. The number of aliphatic hydroxyl groups excluding tert-OH is 1. The van der Waals surface area contributed by atoms with Gasteiger partial charge >= 0.3 is 0 Å². The van der Waals surface area contributed by atoms with Gasteiger partial charge in [-0.2, -0.15) is 10.4 Å². The van der Waals surface area contributed by atoms with Crippen LogP contribution in [-0.2, 0) is 6.54 Å². The van der Waals surface area contributed by atoms with Gasteiger partial charge in [-0.25, -0.2) is 9.97 Å². The number of rotatable bonds is 4. The number of anilines is 1. The Bertz CT molecular complexity index is 1060. The molecular formula is C20H20N6O2. The Morgan fingerprint density at radius 2 is 2.18 bits per heavy atom. The Morgan fingerprint density at radius 1 is 1.32 bits per heavy atom. The summed E-state index contributed by atoms with van der Waals surface area (Å²) in [6.45, 7) is 3.16. The van der Waals surface area contributed by atoms with E-state index in [0.29, 0.717) is 36.8 Å². The fraction of sp³-hybridized carbons (Fsp3) is 0.300. The fourth-order valence-corrected chi connectivity index (χ4v) is 3.31. The van der Waals surface area contributed by atoms with Crippen LogP contribution in [0, 0.1) is 18.3 Å². The van der Waals surface area contributed by atoms with Gasteiger partial charge in [-0.3, -0.25) is 4.68 Å². The Kier molecular flexibility index (Phi) is 4.67. The van der Waals surface area contributed by atoms with Crippen molar-refractivity contribution in [2.45, 2.75) is 26.0 Å². The summed E-state index contributed by atoms with van der Waals surface area (Å²) >= 11 is 0. The van der Waals surface area contributed by atoms with Crippen LogP contribution in [0.1, 0.15) is 12.0 Å². The molecule has 2 N–H and O–H groups in total. The van der Waals surface area contributed by atoms with E-state index in [-0.39, 0.29) is 18.4 Å². The molecule has 0 unspecified atom stereocenters. The average Bonchev–Trinajstić information content (AvgIpc) is 3.31. The van der Waals surface area contributed by atoms with Crippen molar-refractivity contribution in [3.63, 3.8) is 0 Å². The molecule has 1 saturated heterocycles. The number of β-amino-alcohol motifs (C(OH)–C–C–N with tert-alkyl or cyclic N) is 1. The minimum Gasteiger partial charge on any atom is -0.508 e. The third-order valence-corrected chi connectivity index (χ3v) is 4.84. The lowest BCUT2D eigenvalue weighted by Gasteiger charge is -2.15. The van der Waals surface area contributed by atoms with Crippen LogP contribution < -0.4 is 4.90 Å². The summed E-state index contributed by atoms with van der Waals surface area (Å²) in [5, 5.41) is 33.5. The number of hydrogen-bond donors (Lipinski definition) is 2. The summed E-state index contributed by atoms with van der Waals surface area (Å²) < 4.78 is 1.56. The molecule has 1 fully saturated rings. The predicted molar refractivity (Wildman–Crippen MR) is 104 cm³/mol. The van der Waals surface area contributed by atoms with Crippen LogP contribution in [0.3, 0.4) is 0 Å². The minimum atomic E-state index is -0.364. The molecule has 0 bridgehead atoms. The Hall–Kier alpha value is -3.44. The van der Waals surface area contributed by atoms with Crippen molar-refractivity contribution in [2.75, 3.05) is 18.0 Å². The molecule has 1 aliphatic rings. The Morgan fingerprint density at radius 3 is 2.89 bits per heavy atom. The first kappa shape index (κ1) is 17.9. The standard InChI is InChI=1S/C20H20N6O2/c1-13-2-3-14(10-18(13)28)19-16(12-26(24-19)9-6-21)17-4-7-22-20(23-17)25-8-5-15(27)11-25/h2-4,7,10,12,15,27-28H,5,8-9,11H2,1H3/t15-/m0/s1. The van der Waals surface area contributed by atoms with Gasteiger partial charge in [0.25, 0.3) is 0 Å². The number of aromatic nitrogens is 4. The van der Waals surface area contributed by atoms with Crippen molar-refractivity contribution in [3.05, 3.63) is 42.2 Å². The van der Waals surface area contributed by atoms with Gasteiger partial charge in [-0.05, 0) is 31.0 Å². The lowest BCUT2D eigenvalue weighted by atomic mass is 10.0. The van der Waals surface area contributed by atoms with Gasteiger partial charge in [0.2, 0.25) is 5.95 Å². The topological polar surface area (TPSA) is 111 Å². The van der Waals surface area contributed by atoms with E-state index in [4.69, 9.17) is 5.26 Å². The van der Waals surface area contributed by atoms with Crippen LogP contribution in [-0.4, -0.2) is 49.2 Å². The van der Waals surface area contributed by atoms with E-state index < -0.39 is 0 Å². The van der Waals surface area contributed by atoms with Crippen molar-refractivity contribution in [3.8, 4) is 34.3 Å². The highest BCUT2D eigenvalue weighted by Crippen LogP contribution is 2.33. The predicted octanol–water partition coefficient (Wildman–Crippen LogP) is 2.12. The third-order valence-electron chi connectivity index (χ3n) is 4.84. The Labute approximate surface area is 162 Å². The summed E-state index contributed by atoms with van der Waals surface area (Å²) in [7, 11) is 0. The monoisotopic (exact) mass is 376 g/mol. The normalized spacial score (nSPS) is 16.3. The molecule has 0 saturated carbocycles. The van der Waals surface area contributed by atoms with E-state index in [1.165, 1.54) is 0 Å². The first-order chi connectivity index (χ1) is 13.5. The first-order valence-electron chi connectivity index (χ1n) is 9.06. The number of nitrogens with zero attached hydrogens (tertiary/aromatic N) is 6. The number of nitriles is 1. The van der Waals surface area contributed by atoms with Crippen LogP contribution >= 0.6 is 0 Å². The van der Waals surface area contributed by atoms with E-state index >= 15 is 0 Å². The lowest BCUT2D eigenvalue weighted by molar-refractivity contribution is 0.198. The lowest BCUT2D eigenvalue weighted by Crippen LogP contribution is -2.23. The zero-order valence-corrected chi connectivity index (χ0v) is 15.4. The van der Waals surface area contributed by atoms with Crippen LogP contribution in [0.5, 0.6) is 5.75 Å². The summed E-state index contributed by atoms with van der Waals surface area (Å²) in [6, 6.07) is 9.26. The van der Waals surface area contributed by atoms with Gasteiger partial charge in [0.1, 0.15) is 18.0 Å². The molecule has 0 spiro atoms. The maximum Gasteiger partial charge on any atom is 0.225 e. The highest BCUT2D eigenvalue weighted by Gasteiger charge is 2.23. The summed E-state index contributed by atoms with van der Waals surface area (Å²) in [4.78, 5) is 11.0. The van der Waals surface area contributed by atoms with E-state index in [2.05, 4.69) is 21.1 Å². The molecule has 28 heavy (non-hydrogen) atoms. The number of benzene rings is 1. The van der Waals surface area contributed by atoms with Gasteiger partial charge in [0.05, 0.1) is 17.9 Å². The van der Waals surface area contributed by atoms with Gasteiger partial charge in [0, 0.05) is 36.6 Å². The molecule has 8 heteroatoms. The third kappa shape index (κ3) is 3.40. The first-order valence-corrected chi connectivity index (χ1v) is 9.06. The summed E-state index contributed by atoms with van der Waals surface area (Å²) in [5.74, 6) is 0.743. The van der Waals surface area contributed by atoms with Crippen molar-refractivity contribution < 1.29 is 10.2 Å². The molecule has 1 aromatic carbocycles. The van der Waals surface area contributed by atoms with Crippen LogP contribution in [0.4, 0.5) is 5.95 Å². The summed E-state index contributed by atoms with van der Waals surface area (Å²) in [6.07, 6.45) is 3.79. The largest absolute Gasteiger partial charge is 0.508 e. The molecule has 142 valence electrons. The van der Waals surface area contributed by atoms with Crippen LogP contribution in [0.25, 0.3) is 22.5 Å². The molecule has 8 nitrogen and oxygen atoms in total. The van der Waals surface area contributed by atoms with Crippen molar-refractivity contribution in [1.29, 1.82) is 5.26 Å². The number of phenols is 1. The van der Waals surface area contributed by atoms with E-state index in [1.807, 2.05) is 24.0 Å². The van der Waals surface area contributed by atoms with E-state index in [9.17, 15) is 10.2 Å². The molecule has 4 rings (SSSR count). The van der Waals surface area contributed by atoms with Crippen molar-refractivity contribution in [1.82, 2.24) is 19.7 Å². The van der Waals surface area contributed by atoms with Gasteiger partial charge in [-0.15, -0.1) is 0 Å². The fourth-order valence-electron chi connectivity index (χ4n) is 3.31. The molecule has 1 atom stereocenters.